The molecule has 0 fully saturated rings. The Morgan fingerprint density at radius 2 is 1.75 bits per heavy atom. The van der Waals surface area contributed by atoms with E-state index in [-0.39, 0.29) is 17.3 Å². The van der Waals surface area contributed by atoms with E-state index >= 15 is 0 Å². The zero-order chi connectivity index (χ0) is 17.9. The molecule has 5 nitrogen and oxygen atoms in total. The van der Waals surface area contributed by atoms with Crippen LogP contribution in [0, 0.1) is 13.8 Å². The number of halogens is 1. The number of hydrogen-bond acceptors (Lipinski definition) is 3. The van der Waals surface area contributed by atoms with Gasteiger partial charge in [0.25, 0.3) is 0 Å². The van der Waals surface area contributed by atoms with Crippen LogP contribution in [0.5, 0.6) is 0 Å². The van der Waals surface area contributed by atoms with Crippen molar-refractivity contribution in [3.63, 3.8) is 0 Å². The maximum absolute atomic E-state index is 12.5. The van der Waals surface area contributed by atoms with Crippen molar-refractivity contribution in [1.82, 2.24) is 4.31 Å². The molecule has 0 bridgehead atoms. The van der Waals surface area contributed by atoms with Crippen molar-refractivity contribution < 1.29 is 13.2 Å². The maximum Gasteiger partial charge on any atom is 0.243 e. The van der Waals surface area contributed by atoms with Crippen LogP contribution < -0.4 is 5.32 Å². The van der Waals surface area contributed by atoms with Crippen LogP contribution in [0.4, 0.5) is 5.69 Å². The first kappa shape index (κ1) is 18.6. The van der Waals surface area contributed by atoms with E-state index in [0.29, 0.717) is 5.69 Å². The van der Waals surface area contributed by atoms with Gasteiger partial charge in [0.2, 0.25) is 15.9 Å². The van der Waals surface area contributed by atoms with Gasteiger partial charge in [0.05, 0.1) is 11.4 Å². The summed E-state index contributed by atoms with van der Waals surface area (Å²) in [4.78, 5) is 12.3. The number of carbonyl (C=O) groups excluding carboxylic acids is 1. The Morgan fingerprint density at radius 3 is 2.33 bits per heavy atom. The van der Waals surface area contributed by atoms with Gasteiger partial charge in [0, 0.05) is 17.2 Å². The van der Waals surface area contributed by atoms with E-state index in [1.807, 2.05) is 32.0 Å². The van der Waals surface area contributed by atoms with Crippen LogP contribution in [0.25, 0.3) is 0 Å². The largest absolute Gasteiger partial charge is 0.325 e. The van der Waals surface area contributed by atoms with Gasteiger partial charge in [0.1, 0.15) is 0 Å². The lowest BCUT2D eigenvalue weighted by molar-refractivity contribution is -0.116. The molecular formula is C17H19BrN2O3S. The van der Waals surface area contributed by atoms with Gasteiger partial charge in [-0.25, -0.2) is 8.42 Å². The standard InChI is InChI=1S/C17H19BrN2O3S/c1-12-4-9-16(13(2)10-12)19-17(21)11-20(3)24(22,23)15-7-5-14(18)6-8-15/h4-10H,11H2,1-3H3,(H,19,21). The molecule has 24 heavy (non-hydrogen) atoms. The number of benzene rings is 2. The van der Waals surface area contributed by atoms with Gasteiger partial charge < -0.3 is 5.32 Å². The SMILES string of the molecule is Cc1ccc(NC(=O)CN(C)S(=O)(=O)c2ccc(Br)cc2)c(C)c1. The minimum absolute atomic E-state index is 0.146. The highest BCUT2D eigenvalue weighted by Crippen LogP contribution is 2.19. The van der Waals surface area contributed by atoms with E-state index in [1.54, 1.807) is 12.1 Å². The normalized spacial score (nSPS) is 11.5. The number of nitrogens with one attached hydrogen (secondary N) is 1. The fraction of sp³-hybridized carbons (Fsp3) is 0.235. The summed E-state index contributed by atoms with van der Waals surface area (Å²) in [7, 11) is -2.32. The molecule has 2 aromatic carbocycles. The van der Waals surface area contributed by atoms with Crippen LogP contribution in [0.15, 0.2) is 51.8 Å². The smallest absolute Gasteiger partial charge is 0.243 e. The summed E-state index contributed by atoms with van der Waals surface area (Å²) in [5, 5.41) is 2.75. The summed E-state index contributed by atoms with van der Waals surface area (Å²) in [6.45, 7) is 3.60. The van der Waals surface area contributed by atoms with Crippen molar-refractivity contribution in [2.45, 2.75) is 18.7 Å². The molecule has 0 aliphatic carbocycles. The van der Waals surface area contributed by atoms with Gasteiger partial charge in [-0.15, -0.1) is 0 Å². The monoisotopic (exact) mass is 410 g/mol. The van der Waals surface area contributed by atoms with Crippen molar-refractivity contribution in [3.05, 3.63) is 58.1 Å². The highest BCUT2D eigenvalue weighted by molar-refractivity contribution is 9.10. The molecule has 128 valence electrons. The van der Waals surface area contributed by atoms with E-state index in [4.69, 9.17) is 0 Å². The quantitative estimate of drug-likeness (QED) is 0.821. The van der Waals surface area contributed by atoms with Crippen molar-refractivity contribution in [2.24, 2.45) is 0 Å². The first-order chi connectivity index (χ1) is 11.2. The summed E-state index contributed by atoms with van der Waals surface area (Å²) >= 11 is 3.27. The van der Waals surface area contributed by atoms with E-state index < -0.39 is 10.0 Å². The molecule has 0 aliphatic heterocycles. The average Bonchev–Trinajstić information content (AvgIpc) is 2.50. The van der Waals surface area contributed by atoms with Gasteiger partial charge in [0.15, 0.2) is 0 Å². The van der Waals surface area contributed by atoms with Gasteiger partial charge >= 0.3 is 0 Å². The Hall–Kier alpha value is -1.70. The van der Waals surface area contributed by atoms with Gasteiger partial charge in [-0.2, -0.15) is 4.31 Å². The number of rotatable bonds is 5. The molecular weight excluding hydrogens is 392 g/mol. The topological polar surface area (TPSA) is 66.5 Å². The van der Waals surface area contributed by atoms with Crippen LogP contribution in [-0.4, -0.2) is 32.2 Å². The molecule has 0 heterocycles. The average molecular weight is 411 g/mol. The molecule has 1 amide bonds. The molecule has 0 saturated heterocycles. The lowest BCUT2D eigenvalue weighted by atomic mass is 10.1. The fourth-order valence-corrected chi connectivity index (χ4v) is 3.61. The predicted molar refractivity (Wildman–Crippen MR) is 98.5 cm³/mol. The Kier molecular flexibility index (Phi) is 5.79. The Balaban J connectivity index is 2.09. The third-order valence-corrected chi connectivity index (χ3v) is 5.89. The predicted octanol–water partition coefficient (Wildman–Crippen LogP) is 3.33. The first-order valence-electron chi connectivity index (χ1n) is 7.29. The molecule has 0 atom stereocenters. The summed E-state index contributed by atoms with van der Waals surface area (Å²) < 4.78 is 26.8. The molecule has 0 aliphatic rings. The number of carbonyl (C=O) groups is 1. The van der Waals surface area contributed by atoms with Crippen molar-refractivity contribution in [1.29, 1.82) is 0 Å². The van der Waals surface area contributed by atoms with Gasteiger partial charge in [-0.05, 0) is 49.7 Å². The fourth-order valence-electron chi connectivity index (χ4n) is 2.22. The van der Waals surface area contributed by atoms with E-state index in [2.05, 4.69) is 21.2 Å². The first-order valence-corrected chi connectivity index (χ1v) is 9.52. The molecule has 7 heteroatoms. The zero-order valence-corrected chi connectivity index (χ0v) is 16.1. The maximum atomic E-state index is 12.5. The van der Waals surface area contributed by atoms with Crippen LogP contribution in [0.3, 0.4) is 0 Å². The number of likely N-dealkylation sites (N-methyl/N-ethyl adjacent to an activating group) is 1. The molecule has 2 rings (SSSR count). The van der Waals surface area contributed by atoms with Gasteiger partial charge in [-0.1, -0.05) is 33.6 Å². The van der Waals surface area contributed by atoms with E-state index in [0.717, 1.165) is 19.9 Å². The van der Waals surface area contributed by atoms with Crippen LogP contribution >= 0.6 is 15.9 Å². The highest BCUT2D eigenvalue weighted by Gasteiger charge is 2.23. The molecule has 0 radical (unpaired) electrons. The van der Waals surface area contributed by atoms with E-state index in [9.17, 15) is 13.2 Å². The molecule has 0 saturated carbocycles. The molecule has 0 spiro atoms. The minimum atomic E-state index is -3.71. The van der Waals surface area contributed by atoms with Crippen LogP contribution in [0.2, 0.25) is 0 Å². The lowest BCUT2D eigenvalue weighted by Crippen LogP contribution is -2.35. The number of nitrogens with zero attached hydrogens (tertiary/aromatic N) is 1. The second-order valence-electron chi connectivity index (χ2n) is 5.58. The Labute approximate surface area is 150 Å². The molecule has 2 aromatic rings. The van der Waals surface area contributed by atoms with Crippen molar-refractivity contribution >= 4 is 37.5 Å². The minimum Gasteiger partial charge on any atom is -0.325 e. The third kappa shape index (κ3) is 4.43. The van der Waals surface area contributed by atoms with Crippen LogP contribution in [0.1, 0.15) is 11.1 Å². The van der Waals surface area contributed by atoms with Crippen LogP contribution in [-0.2, 0) is 14.8 Å². The third-order valence-electron chi connectivity index (χ3n) is 3.54. The number of aryl methyl sites for hydroxylation is 2. The Bertz CT molecular complexity index is 849. The summed E-state index contributed by atoms with van der Waals surface area (Å²) in [6.07, 6.45) is 0. The number of amides is 1. The lowest BCUT2D eigenvalue weighted by Gasteiger charge is -2.17. The van der Waals surface area contributed by atoms with Gasteiger partial charge in [-0.3, -0.25) is 4.79 Å². The molecule has 0 unspecified atom stereocenters. The summed E-state index contributed by atoms with van der Waals surface area (Å²) in [5.41, 5.74) is 2.71. The summed E-state index contributed by atoms with van der Waals surface area (Å²) in [6, 6.07) is 12.0. The second kappa shape index (κ2) is 7.46. The second-order valence-corrected chi connectivity index (χ2v) is 8.54. The molecule has 0 aromatic heterocycles. The highest BCUT2D eigenvalue weighted by atomic mass is 79.9. The Morgan fingerprint density at radius 1 is 1.12 bits per heavy atom. The van der Waals surface area contributed by atoms with Crippen molar-refractivity contribution in [2.75, 3.05) is 18.9 Å². The summed E-state index contributed by atoms with van der Waals surface area (Å²) in [5.74, 6) is -0.384. The van der Waals surface area contributed by atoms with E-state index in [1.165, 1.54) is 19.2 Å². The number of sulfonamides is 1. The zero-order valence-electron chi connectivity index (χ0n) is 13.7. The van der Waals surface area contributed by atoms with Crippen molar-refractivity contribution in [3.8, 4) is 0 Å². The number of anilines is 1. The number of hydrogen-bond donors (Lipinski definition) is 1. The molecule has 1 N–H and O–H groups in total.